The number of β-amino-alcohol motifs (C(OH)–C–C–N with tert-alkyl or cyclic N) is 2. The third kappa shape index (κ3) is 28.4. The van der Waals surface area contributed by atoms with Gasteiger partial charge in [0.15, 0.2) is 0 Å². The van der Waals surface area contributed by atoms with Crippen molar-refractivity contribution in [3.8, 4) is 0 Å². The Balaban J connectivity index is 0.903. The van der Waals surface area contributed by atoms with Crippen molar-refractivity contribution in [2.24, 2.45) is 11.8 Å². The maximum atomic E-state index is 16.4. The molecule has 10 saturated heterocycles. The van der Waals surface area contributed by atoms with Crippen molar-refractivity contribution in [1.82, 2.24) is 39.9 Å². The summed E-state index contributed by atoms with van der Waals surface area (Å²) in [6.07, 6.45) is 15.3. The van der Waals surface area contributed by atoms with Crippen LogP contribution in [0, 0.1) is 11.8 Å². The zero-order chi connectivity index (χ0) is 99.8. The molecule has 0 aromatic rings. The average molecular weight is 1900 g/mol. The number of hydrogen-bond donors (Lipinski definition) is 4. The van der Waals surface area contributed by atoms with Crippen LogP contribution in [0.4, 0.5) is 0 Å². The second-order valence-corrected chi connectivity index (χ2v) is 52.4. The number of carbonyl (C=O) groups excluding carboxylic acids is 4. The van der Waals surface area contributed by atoms with E-state index in [2.05, 4.69) is 189 Å². The van der Waals surface area contributed by atoms with Gasteiger partial charge in [-0.3, -0.25) is 48.5 Å². The van der Waals surface area contributed by atoms with E-state index < -0.39 is 152 Å². The second-order valence-electron chi connectivity index (χ2n) is 52.4. The smallest absolute Gasteiger partial charge is 0.310 e. The van der Waals surface area contributed by atoms with Gasteiger partial charge in [0.25, 0.3) is 0 Å². The van der Waals surface area contributed by atoms with Gasteiger partial charge in [-0.15, -0.1) is 0 Å². The number of piperidine rings is 8. The summed E-state index contributed by atoms with van der Waals surface area (Å²) in [5, 5.41) is 53.3. The van der Waals surface area contributed by atoms with Crippen molar-refractivity contribution in [3.05, 3.63) is 0 Å². The van der Waals surface area contributed by atoms with Crippen LogP contribution in [0.3, 0.4) is 0 Å². The second kappa shape index (κ2) is 43.6. The summed E-state index contributed by atoms with van der Waals surface area (Å²) in [4.78, 5) is 86.6. The van der Waals surface area contributed by atoms with Crippen molar-refractivity contribution < 1.29 is 96.8 Å². The van der Waals surface area contributed by atoms with E-state index in [-0.39, 0.29) is 91.5 Å². The standard InChI is InChI=1S/C106H194N8O20/c1-33-35-37-39-41-43-45-127-113-101(23,24)53-77(54-102(113,25)26)125-71-83-67-109-95(11,12)61-81(63-105(109,31)133-83)130-88(118)48-85(89(119)131-80-59-93(7,8)108(94(9,10)60-80)66-74(116)70-124-76-51-99(19,20)112(122)100(21,22)52-76)86(47-87(117)129-79-57-91(3,4)107(92(5,6)58-79)65-73(115)69-123-75-49-97(15,16)111(121)98(17,18)50-75)90(120)132-82-62-96(13,14)110-68-84(134-106(110,32)64-82)72-126-78-55-103(27,28)114(104(29,30)56-78)128-46-44-42-40-38-36-34-2/h73-86,115-116,121-122H,33-72H2,1-32H3. The highest BCUT2D eigenvalue weighted by Crippen LogP contribution is 2.52. The summed E-state index contributed by atoms with van der Waals surface area (Å²) in [6.45, 7) is 71.4. The molecule has 0 radical (unpaired) electrons. The summed E-state index contributed by atoms with van der Waals surface area (Å²) >= 11 is 0. The third-order valence-corrected chi connectivity index (χ3v) is 32.4. The van der Waals surface area contributed by atoms with Crippen LogP contribution in [0.1, 0.15) is 414 Å². The molecule has 28 nitrogen and oxygen atoms in total. The number of hydroxylamine groups is 8. The minimum atomic E-state index is -1.63. The maximum absolute atomic E-state index is 16.4. The lowest BCUT2D eigenvalue weighted by Crippen LogP contribution is -2.64. The Hall–Kier alpha value is -2.92. The lowest BCUT2D eigenvalue weighted by atomic mass is 9.77. The Morgan fingerprint density at radius 3 is 0.881 bits per heavy atom. The molecule has 0 aromatic carbocycles. The highest BCUT2D eigenvalue weighted by molar-refractivity contribution is 5.89. The van der Waals surface area contributed by atoms with E-state index in [1.807, 2.05) is 62.3 Å². The number of fused-ring (bicyclic) bond motifs is 2. The highest BCUT2D eigenvalue weighted by Gasteiger charge is 2.61. The first-order valence-electron chi connectivity index (χ1n) is 52.6. The molecule has 134 heavy (non-hydrogen) atoms. The zero-order valence-electron chi connectivity index (χ0n) is 90.3. The van der Waals surface area contributed by atoms with Gasteiger partial charge in [-0.25, -0.2) is 0 Å². The van der Waals surface area contributed by atoms with E-state index in [1.54, 1.807) is 0 Å². The molecule has 0 spiro atoms. The topological polar surface area (TPSA) is 286 Å². The van der Waals surface area contributed by atoms with E-state index in [0.717, 1.165) is 51.4 Å². The van der Waals surface area contributed by atoms with Crippen molar-refractivity contribution in [2.75, 3.05) is 65.8 Å². The van der Waals surface area contributed by atoms with Gasteiger partial charge in [0.2, 0.25) is 0 Å². The van der Waals surface area contributed by atoms with Crippen LogP contribution >= 0.6 is 0 Å². The minimum absolute atomic E-state index is 0.0455. The molecule has 10 aliphatic heterocycles. The Morgan fingerprint density at radius 1 is 0.313 bits per heavy atom. The van der Waals surface area contributed by atoms with Gasteiger partial charge in [0.05, 0.1) is 113 Å². The molecular formula is C106H194N8O20. The first-order valence-corrected chi connectivity index (χ1v) is 52.6. The van der Waals surface area contributed by atoms with Gasteiger partial charge in [-0.05, 0) is 272 Å². The SMILES string of the molecule is CCCCCCCCON1C(C)(C)CC(OCC2CN3C(C)(C)CC(OC(=O)CC(C(=O)OC4CC(C)(C)N(CC(O)COC5CC(C)(C)N(O)C(C)(C)C5)C(C)(C)C4)C(CC(=O)OC4CC(C)(C)N(CC(O)COC5CC(C)(C)N(O)C(C)(C)C5)C(C)(C)C4)C(=O)OC4CC(C)(C)N5CC(COC6CC(C)(C)N(OCCCCCCCC)C(C)(C)C6)OC5(C)C4)CC3(C)O2)CC1(C)C. The summed E-state index contributed by atoms with van der Waals surface area (Å²) in [6, 6.07) is 0. The summed E-state index contributed by atoms with van der Waals surface area (Å²) in [5.74, 6) is -6.49. The molecule has 0 aliphatic carbocycles. The van der Waals surface area contributed by atoms with E-state index in [4.69, 9.17) is 57.0 Å². The van der Waals surface area contributed by atoms with Crippen molar-refractivity contribution in [2.45, 2.75) is 576 Å². The zero-order valence-corrected chi connectivity index (χ0v) is 90.3. The largest absolute Gasteiger partial charge is 0.462 e. The monoisotopic (exact) mass is 1900 g/mol. The van der Waals surface area contributed by atoms with Gasteiger partial charge < -0.3 is 68.0 Å². The quantitative estimate of drug-likeness (QED) is 0.0251. The lowest BCUT2D eigenvalue weighted by Gasteiger charge is -2.55. The fourth-order valence-electron chi connectivity index (χ4n) is 27.6. The molecule has 10 atom stereocenters. The summed E-state index contributed by atoms with van der Waals surface area (Å²) in [5.41, 5.74) is -9.05. The molecule has 4 N–H and O–H groups in total. The number of rotatable bonds is 43. The van der Waals surface area contributed by atoms with Crippen molar-refractivity contribution >= 4 is 23.9 Å². The molecule has 10 heterocycles. The van der Waals surface area contributed by atoms with Crippen LogP contribution in [0.25, 0.3) is 0 Å². The first kappa shape index (κ1) is 113. The number of aliphatic hydroxyl groups excluding tert-OH is 2. The molecule has 0 saturated carbocycles. The fourth-order valence-corrected chi connectivity index (χ4v) is 27.6. The molecule has 0 bridgehead atoms. The van der Waals surface area contributed by atoms with Gasteiger partial charge in [0, 0.05) is 155 Å². The van der Waals surface area contributed by atoms with Crippen molar-refractivity contribution in [3.63, 3.8) is 0 Å². The number of likely N-dealkylation sites (tertiary alicyclic amines) is 2. The van der Waals surface area contributed by atoms with Gasteiger partial charge in [0.1, 0.15) is 35.9 Å². The van der Waals surface area contributed by atoms with Gasteiger partial charge in [-0.1, -0.05) is 78.1 Å². The Kier molecular flexibility index (Phi) is 36.7. The van der Waals surface area contributed by atoms with Crippen LogP contribution < -0.4 is 0 Å². The van der Waals surface area contributed by atoms with Crippen molar-refractivity contribution in [1.29, 1.82) is 0 Å². The third-order valence-electron chi connectivity index (χ3n) is 32.4. The molecule has 0 amide bonds. The fraction of sp³-hybridized carbons (Fsp3) is 0.962. The van der Waals surface area contributed by atoms with E-state index in [0.29, 0.717) is 110 Å². The number of carbonyl (C=O) groups is 4. The van der Waals surface area contributed by atoms with Crippen LogP contribution in [-0.4, -0.2) is 312 Å². The van der Waals surface area contributed by atoms with E-state index in [9.17, 15) is 20.6 Å². The molecular weight excluding hydrogens is 1710 g/mol. The minimum Gasteiger partial charge on any atom is -0.462 e. The van der Waals surface area contributed by atoms with Crippen LogP contribution in [-0.2, 0) is 76.2 Å². The van der Waals surface area contributed by atoms with Crippen LogP contribution in [0.15, 0.2) is 0 Å². The summed E-state index contributed by atoms with van der Waals surface area (Å²) < 4.78 is 68.3. The van der Waals surface area contributed by atoms with E-state index in [1.165, 1.54) is 61.5 Å². The van der Waals surface area contributed by atoms with Gasteiger partial charge in [-0.2, -0.15) is 20.3 Å². The molecule has 0 aromatic heterocycles. The highest BCUT2D eigenvalue weighted by atomic mass is 16.7. The predicted molar refractivity (Wildman–Crippen MR) is 521 cm³/mol. The molecule has 10 unspecified atom stereocenters. The number of nitrogens with zero attached hydrogens (tertiary/aromatic N) is 8. The molecule has 10 aliphatic rings. The van der Waals surface area contributed by atoms with Crippen LogP contribution in [0.5, 0.6) is 0 Å². The van der Waals surface area contributed by atoms with E-state index >= 15 is 19.2 Å². The predicted octanol–water partition coefficient (Wildman–Crippen LogP) is 18.2. The normalized spacial score (nSPS) is 31.1. The Morgan fingerprint density at radius 2 is 0.567 bits per heavy atom. The molecule has 10 rings (SSSR count). The summed E-state index contributed by atoms with van der Waals surface area (Å²) in [7, 11) is 0. The lowest BCUT2D eigenvalue weighted by molar-refractivity contribution is -0.296. The number of unbranched alkanes of at least 4 members (excludes halogenated alkanes) is 10. The number of hydrogen-bond acceptors (Lipinski definition) is 28. The molecule has 10 fully saturated rings. The Labute approximate surface area is 810 Å². The van der Waals surface area contributed by atoms with Gasteiger partial charge >= 0.3 is 23.9 Å². The number of aliphatic hydroxyl groups is 2. The van der Waals surface area contributed by atoms with Crippen LogP contribution in [0.2, 0.25) is 0 Å². The maximum Gasteiger partial charge on any atom is 0.310 e. The average Bonchev–Trinajstić information content (AvgIpc) is 1.56. The molecule has 28 heteroatoms. The first-order chi connectivity index (χ1) is 61.6. The number of ether oxygens (including phenoxy) is 10. The number of esters is 4. The Bertz CT molecular complexity index is 3700. The molecule has 778 valence electrons.